The molecule has 1 amide bonds. The summed E-state index contributed by atoms with van der Waals surface area (Å²) < 4.78 is 0. The molecule has 1 saturated heterocycles. The molecule has 4 nitrogen and oxygen atoms in total. The predicted octanol–water partition coefficient (Wildman–Crippen LogP) is 3.20. The summed E-state index contributed by atoms with van der Waals surface area (Å²) in [5.41, 5.74) is 2.19. The van der Waals surface area contributed by atoms with Gasteiger partial charge in [-0.15, -0.1) is 0 Å². The van der Waals surface area contributed by atoms with Gasteiger partial charge >= 0.3 is 0 Å². The van der Waals surface area contributed by atoms with Crippen molar-refractivity contribution in [1.82, 2.24) is 4.90 Å². The van der Waals surface area contributed by atoms with Crippen LogP contribution in [0.1, 0.15) is 32.1 Å². The van der Waals surface area contributed by atoms with Crippen LogP contribution in [0.2, 0.25) is 0 Å². The molecule has 4 heteroatoms. The molecule has 24 heavy (non-hydrogen) atoms. The number of likely N-dealkylation sites (N-methyl/N-ethyl adjacent to an activating group) is 1. The highest BCUT2D eigenvalue weighted by molar-refractivity contribution is 5.91. The summed E-state index contributed by atoms with van der Waals surface area (Å²) in [5.74, 6) is 2.56. The fraction of sp³-hybridized carbons (Fsp3) is 0.650. The van der Waals surface area contributed by atoms with Crippen LogP contribution in [0.25, 0.3) is 0 Å². The van der Waals surface area contributed by atoms with Crippen molar-refractivity contribution < 1.29 is 4.79 Å². The number of hydrogen-bond donors (Lipinski definition) is 1. The minimum atomic E-state index is 0.194. The summed E-state index contributed by atoms with van der Waals surface area (Å²) in [6, 6.07) is 8.37. The number of nitrogens with zero attached hydrogens (tertiary/aromatic N) is 2. The Kier molecular flexibility index (Phi) is 4.49. The molecule has 0 radical (unpaired) electrons. The summed E-state index contributed by atoms with van der Waals surface area (Å²) in [6.45, 7) is 4.38. The molecule has 2 saturated carbocycles. The molecule has 2 aliphatic carbocycles. The number of carbonyl (C=O) groups excluding carboxylic acids is 1. The number of piperazine rings is 1. The Hall–Kier alpha value is -1.55. The Balaban J connectivity index is 1.29. The van der Waals surface area contributed by atoms with Crippen molar-refractivity contribution in [1.29, 1.82) is 0 Å². The first-order valence-electron chi connectivity index (χ1n) is 9.51. The third-order valence-electron chi connectivity index (χ3n) is 6.35. The summed E-state index contributed by atoms with van der Waals surface area (Å²) in [6.07, 6.45) is 6.11. The highest BCUT2D eigenvalue weighted by Crippen LogP contribution is 2.49. The fourth-order valence-corrected chi connectivity index (χ4v) is 4.90. The van der Waals surface area contributed by atoms with Crippen LogP contribution in [-0.2, 0) is 4.79 Å². The highest BCUT2D eigenvalue weighted by atomic mass is 16.1. The quantitative estimate of drug-likeness (QED) is 0.922. The van der Waals surface area contributed by atoms with Gasteiger partial charge in [0.15, 0.2) is 0 Å². The molecule has 0 spiro atoms. The van der Waals surface area contributed by atoms with Crippen LogP contribution in [0.4, 0.5) is 11.4 Å². The molecule has 130 valence electrons. The monoisotopic (exact) mass is 327 g/mol. The second-order valence-corrected chi connectivity index (χ2v) is 8.02. The van der Waals surface area contributed by atoms with Crippen LogP contribution >= 0.6 is 0 Å². The van der Waals surface area contributed by atoms with Crippen LogP contribution in [0.3, 0.4) is 0 Å². The highest BCUT2D eigenvalue weighted by Gasteiger charge is 2.40. The first-order valence-corrected chi connectivity index (χ1v) is 9.51. The number of carbonyl (C=O) groups is 1. The molecular formula is C20H29N3O. The topological polar surface area (TPSA) is 35.6 Å². The van der Waals surface area contributed by atoms with Crippen LogP contribution in [0, 0.1) is 17.8 Å². The van der Waals surface area contributed by atoms with Gasteiger partial charge in [-0.1, -0.05) is 6.42 Å². The zero-order valence-electron chi connectivity index (χ0n) is 14.7. The van der Waals surface area contributed by atoms with Crippen molar-refractivity contribution in [3.8, 4) is 0 Å². The maximum atomic E-state index is 12.3. The third-order valence-corrected chi connectivity index (χ3v) is 6.35. The average Bonchev–Trinajstić information content (AvgIpc) is 3.19. The van der Waals surface area contributed by atoms with Gasteiger partial charge in [-0.25, -0.2) is 0 Å². The average molecular weight is 327 g/mol. The Morgan fingerprint density at radius 3 is 2.46 bits per heavy atom. The fourth-order valence-electron chi connectivity index (χ4n) is 4.90. The number of fused-ring (bicyclic) bond motifs is 2. The lowest BCUT2D eigenvalue weighted by Crippen LogP contribution is -2.44. The maximum absolute atomic E-state index is 12.3. The van der Waals surface area contributed by atoms with E-state index in [-0.39, 0.29) is 5.91 Å². The van der Waals surface area contributed by atoms with E-state index in [0.29, 0.717) is 12.3 Å². The van der Waals surface area contributed by atoms with E-state index in [4.69, 9.17) is 0 Å². The Morgan fingerprint density at radius 1 is 1.08 bits per heavy atom. The molecule has 1 aliphatic heterocycles. The van der Waals surface area contributed by atoms with Crippen LogP contribution in [0.15, 0.2) is 24.3 Å². The number of nitrogens with one attached hydrogen (secondary N) is 1. The SMILES string of the molecule is CN1CCN(c2ccc(NC(=O)C[C@@H]3C[C@@H]4CC[C@@H]3C4)cc2)CC1. The normalized spacial score (nSPS) is 29.9. The van der Waals surface area contributed by atoms with Gasteiger partial charge in [0.2, 0.25) is 5.91 Å². The zero-order chi connectivity index (χ0) is 16.5. The summed E-state index contributed by atoms with van der Waals surface area (Å²) >= 11 is 0. The van der Waals surface area contributed by atoms with Gasteiger partial charge in [0.05, 0.1) is 0 Å². The van der Waals surface area contributed by atoms with Crippen molar-refractivity contribution >= 4 is 17.3 Å². The lowest BCUT2D eigenvalue weighted by Gasteiger charge is -2.34. The van der Waals surface area contributed by atoms with Crippen LogP contribution < -0.4 is 10.2 Å². The van der Waals surface area contributed by atoms with Crippen molar-refractivity contribution in [2.45, 2.75) is 32.1 Å². The number of hydrogen-bond acceptors (Lipinski definition) is 3. The van der Waals surface area contributed by atoms with E-state index >= 15 is 0 Å². The maximum Gasteiger partial charge on any atom is 0.224 e. The van der Waals surface area contributed by atoms with E-state index in [1.165, 1.54) is 31.4 Å². The zero-order valence-corrected chi connectivity index (χ0v) is 14.7. The van der Waals surface area contributed by atoms with Gasteiger partial charge in [-0.05, 0) is 68.3 Å². The molecule has 3 atom stereocenters. The van der Waals surface area contributed by atoms with Gasteiger partial charge in [-0.3, -0.25) is 4.79 Å². The van der Waals surface area contributed by atoms with Crippen LogP contribution in [0.5, 0.6) is 0 Å². The number of rotatable bonds is 4. The molecule has 0 unspecified atom stereocenters. The minimum Gasteiger partial charge on any atom is -0.369 e. The van der Waals surface area contributed by atoms with E-state index in [0.717, 1.165) is 43.7 Å². The Labute approximate surface area is 145 Å². The molecule has 1 heterocycles. The third kappa shape index (κ3) is 3.44. The van der Waals surface area contributed by atoms with E-state index < -0.39 is 0 Å². The summed E-state index contributed by atoms with van der Waals surface area (Å²) in [4.78, 5) is 17.1. The largest absolute Gasteiger partial charge is 0.369 e. The van der Waals surface area contributed by atoms with Crippen molar-refractivity contribution in [3.63, 3.8) is 0 Å². The summed E-state index contributed by atoms with van der Waals surface area (Å²) in [5, 5.41) is 3.10. The second-order valence-electron chi connectivity index (χ2n) is 8.02. The van der Waals surface area contributed by atoms with E-state index in [9.17, 15) is 4.79 Å². The molecule has 0 aromatic heterocycles. The van der Waals surface area contributed by atoms with Crippen molar-refractivity contribution in [3.05, 3.63) is 24.3 Å². The minimum absolute atomic E-state index is 0.194. The van der Waals surface area contributed by atoms with Gasteiger partial charge < -0.3 is 15.1 Å². The summed E-state index contributed by atoms with van der Waals surface area (Å²) in [7, 11) is 2.17. The van der Waals surface area contributed by atoms with Gasteiger partial charge in [0, 0.05) is 44.0 Å². The molecule has 1 aromatic rings. The van der Waals surface area contributed by atoms with E-state index in [1.54, 1.807) is 0 Å². The first kappa shape index (κ1) is 15.9. The Bertz CT molecular complexity index is 577. The molecule has 2 bridgehead atoms. The van der Waals surface area contributed by atoms with Gasteiger partial charge in [0.1, 0.15) is 0 Å². The van der Waals surface area contributed by atoms with Crippen molar-refractivity contribution in [2.75, 3.05) is 43.4 Å². The predicted molar refractivity (Wildman–Crippen MR) is 98.3 cm³/mol. The molecule has 3 fully saturated rings. The molecule has 1 N–H and O–H groups in total. The number of amides is 1. The lowest BCUT2D eigenvalue weighted by molar-refractivity contribution is -0.117. The van der Waals surface area contributed by atoms with Crippen molar-refractivity contribution in [2.24, 2.45) is 17.8 Å². The van der Waals surface area contributed by atoms with E-state index in [1.807, 2.05) is 12.1 Å². The first-order chi connectivity index (χ1) is 11.7. The number of benzene rings is 1. The lowest BCUT2D eigenvalue weighted by atomic mass is 9.86. The second kappa shape index (κ2) is 6.75. The smallest absolute Gasteiger partial charge is 0.224 e. The molecule has 4 rings (SSSR count). The van der Waals surface area contributed by atoms with Gasteiger partial charge in [-0.2, -0.15) is 0 Å². The molecule has 3 aliphatic rings. The number of anilines is 2. The van der Waals surface area contributed by atoms with Crippen LogP contribution in [-0.4, -0.2) is 44.0 Å². The van der Waals surface area contributed by atoms with E-state index in [2.05, 4.69) is 34.3 Å². The van der Waals surface area contributed by atoms with Gasteiger partial charge in [0.25, 0.3) is 0 Å². The molecule has 1 aromatic carbocycles. The standard InChI is InChI=1S/C20H29N3O/c1-22-8-10-23(11-9-22)19-6-4-18(5-7-19)21-20(24)14-17-13-15-2-3-16(17)12-15/h4-7,15-17H,2-3,8-14H2,1H3,(H,21,24)/t15-,16-,17+/m1/s1. The Morgan fingerprint density at radius 2 is 1.83 bits per heavy atom. The molecular weight excluding hydrogens is 298 g/mol.